The van der Waals surface area contributed by atoms with Gasteiger partial charge in [-0.3, -0.25) is 0 Å². The number of fused-ring (bicyclic) bond motifs is 1. The molecule has 0 spiro atoms. The van der Waals surface area contributed by atoms with Crippen LogP contribution in [0.4, 0.5) is 0 Å². The maximum atomic E-state index is 10.9. The number of nitrogens with zero attached hydrogens (tertiary/aromatic N) is 3. The Labute approximate surface area is 184 Å². The fraction of sp³-hybridized carbons (Fsp3) is 0.455. The van der Waals surface area contributed by atoms with E-state index in [1.165, 1.54) is 5.56 Å². The van der Waals surface area contributed by atoms with Crippen molar-refractivity contribution in [2.75, 3.05) is 6.61 Å². The number of aryl methyl sites for hydroxylation is 2. The van der Waals surface area contributed by atoms with E-state index in [-0.39, 0.29) is 5.75 Å². The molecule has 4 rings (SSSR count). The Kier molecular flexibility index (Phi) is 6.17. The number of hydrogen-bond donors (Lipinski definition) is 5. The van der Waals surface area contributed by atoms with Gasteiger partial charge in [0.15, 0.2) is 11.9 Å². The van der Waals surface area contributed by atoms with Gasteiger partial charge in [-0.2, -0.15) is 0 Å². The van der Waals surface area contributed by atoms with Gasteiger partial charge in [0.25, 0.3) is 5.79 Å². The zero-order valence-electron chi connectivity index (χ0n) is 17.8. The number of benzene rings is 2. The second kappa shape index (κ2) is 8.74. The van der Waals surface area contributed by atoms with E-state index >= 15 is 0 Å². The van der Waals surface area contributed by atoms with E-state index in [0.717, 1.165) is 17.5 Å². The first-order chi connectivity index (χ1) is 15.3. The maximum absolute atomic E-state index is 10.9. The van der Waals surface area contributed by atoms with Crippen molar-refractivity contribution >= 4 is 11.0 Å². The highest BCUT2D eigenvalue weighted by Gasteiger charge is 2.57. The van der Waals surface area contributed by atoms with Crippen molar-refractivity contribution in [1.82, 2.24) is 15.0 Å². The molecule has 5 atom stereocenters. The summed E-state index contributed by atoms with van der Waals surface area (Å²) in [6, 6.07) is 11.4. The average molecular weight is 445 g/mol. The van der Waals surface area contributed by atoms with E-state index < -0.39 is 37.0 Å². The van der Waals surface area contributed by atoms with Crippen molar-refractivity contribution in [3.63, 3.8) is 0 Å². The molecule has 1 unspecified atom stereocenters. The van der Waals surface area contributed by atoms with Crippen molar-refractivity contribution < 1.29 is 35.0 Å². The SMILES string of the molecule is CCc1ccc(Cn2nnc3cc(C)cc(O[C@]4(O)C(O)O[C@H](CO)[C@@H](O)[C@@H]4O)c32)cc1. The Hall–Kier alpha value is -2.60. The normalized spacial score (nSPS) is 28.2. The lowest BCUT2D eigenvalue weighted by atomic mass is 9.96. The van der Waals surface area contributed by atoms with Gasteiger partial charge < -0.3 is 35.0 Å². The molecule has 0 bridgehead atoms. The standard InChI is InChI=1S/C22H27N3O7/c1-3-13-4-6-14(7-5-13)10-25-18-15(23-24-25)8-12(2)9-16(18)32-22(30)20(28)19(27)17(11-26)31-21(22)29/h4-9,17,19-21,26-30H,3,10-11H2,1-2H3/t17-,19-,20+,21?,22+/m1/s1. The molecule has 3 aromatic rings. The molecular weight excluding hydrogens is 418 g/mol. The summed E-state index contributed by atoms with van der Waals surface area (Å²) in [4.78, 5) is 0. The summed E-state index contributed by atoms with van der Waals surface area (Å²) in [5.41, 5.74) is 3.84. The number of rotatable bonds is 6. The van der Waals surface area contributed by atoms with Crippen LogP contribution in [-0.4, -0.2) is 77.5 Å². The Morgan fingerprint density at radius 1 is 1.12 bits per heavy atom. The summed E-state index contributed by atoms with van der Waals surface area (Å²) in [6.07, 6.45) is -6.02. The maximum Gasteiger partial charge on any atom is 0.288 e. The van der Waals surface area contributed by atoms with Crippen LogP contribution < -0.4 is 4.74 Å². The van der Waals surface area contributed by atoms with E-state index in [4.69, 9.17) is 9.47 Å². The molecular formula is C22H27N3O7. The molecule has 2 heterocycles. The van der Waals surface area contributed by atoms with E-state index in [2.05, 4.69) is 17.2 Å². The third-order valence-corrected chi connectivity index (χ3v) is 5.72. The lowest BCUT2D eigenvalue weighted by Gasteiger charge is -2.45. The van der Waals surface area contributed by atoms with Crippen LogP contribution in [0.2, 0.25) is 0 Å². The Morgan fingerprint density at radius 3 is 2.47 bits per heavy atom. The van der Waals surface area contributed by atoms with Gasteiger partial charge >= 0.3 is 0 Å². The fourth-order valence-electron chi connectivity index (χ4n) is 3.83. The second-order valence-electron chi connectivity index (χ2n) is 8.05. The van der Waals surface area contributed by atoms with Gasteiger partial charge in [-0.15, -0.1) is 5.10 Å². The minimum atomic E-state index is -2.69. The molecule has 5 N–H and O–H groups in total. The third-order valence-electron chi connectivity index (χ3n) is 5.72. The van der Waals surface area contributed by atoms with E-state index in [0.29, 0.717) is 17.6 Å². The topological polar surface area (TPSA) is 150 Å². The Bertz CT molecular complexity index is 1090. The van der Waals surface area contributed by atoms with Crippen LogP contribution in [0.3, 0.4) is 0 Å². The number of aromatic nitrogens is 3. The first-order valence-corrected chi connectivity index (χ1v) is 10.4. The highest BCUT2D eigenvalue weighted by molar-refractivity contribution is 5.82. The zero-order valence-corrected chi connectivity index (χ0v) is 17.8. The summed E-state index contributed by atoms with van der Waals surface area (Å²) >= 11 is 0. The molecule has 0 radical (unpaired) electrons. The minimum absolute atomic E-state index is 0.0917. The lowest BCUT2D eigenvalue weighted by molar-refractivity contribution is -0.385. The number of aliphatic hydroxyl groups is 5. The predicted molar refractivity (Wildman–Crippen MR) is 113 cm³/mol. The van der Waals surface area contributed by atoms with E-state index in [1.807, 2.05) is 24.3 Å². The van der Waals surface area contributed by atoms with Crippen LogP contribution in [-0.2, 0) is 17.7 Å². The van der Waals surface area contributed by atoms with Crippen LogP contribution in [0, 0.1) is 6.92 Å². The average Bonchev–Trinajstić information content (AvgIpc) is 3.18. The van der Waals surface area contributed by atoms with Gasteiger partial charge in [0, 0.05) is 0 Å². The zero-order chi connectivity index (χ0) is 23.0. The van der Waals surface area contributed by atoms with Gasteiger partial charge in [0.1, 0.15) is 23.2 Å². The molecule has 1 aliphatic rings. The third kappa shape index (κ3) is 3.96. The van der Waals surface area contributed by atoms with Gasteiger partial charge in [0.05, 0.1) is 13.2 Å². The van der Waals surface area contributed by atoms with Gasteiger partial charge in [-0.1, -0.05) is 36.4 Å². The van der Waals surface area contributed by atoms with E-state index in [1.54, 1.807) is 23.7 Å². The van der Waals surface area contributed by atoms with Crippen LogP contribution in [0.5, 0.6) is 5.75 Å². The van der Waals surface area contributed by atoms with Gasteiger partial charge in [-0.05, 0) is 42.2 Å². The van der Waals surface area contributed by atoms with Crippen molar-refractivity contribution in [3.05, 3.63) is 53.1 Å². The Balaban J connectivity index is 1.71. The molecule has 0 saturated carbocycles. The first kappa shape index (κ1) is 22.6. The van der Waals surface area contributed by atoms with Crippen molar-refractivity contribution in [3.8, 4) is 5.75 Å². The highest BCUT2D eigenvalue weighted by atomic mass is 16.7. The smallest absolute Gasteiger partial charge is 0.288 e. The summed E-state index contributed by atoms with van der Waals surface area (Å²) in [5, 5.41) is 59.5. The predicted octanol–water partition coefficient (Wildman–Crippen LogP) is -0.151. The molecule has 172 valence electrons. The molecule has 1 aromatic heterocycles. The number of ether oxygens (including phenoxy) is 2. The molecule has 1 aliphatic heterocycles. The number of aliphatic hydroxyl groups excluding tert-OH is 4. The molecule has 32 heavy (non-hydrogen) atoms. The fourth-order valence-corrected chi connectivity index (χ4v) is 3.83. The van der Waals surface area contributed by atoms with Crippen LogP contribution in [0.25, 0.3) is 11.0 Å². The highest BCUT2D eigenvalue weighted by Crippen LogP contribution is 2.35. The molecule has 0 amide bonds. The first-order valence-electron chi connectivity index (χ1n) is 10.4. The minimum Gasteiger partial charge on any atom is -0.452 e. The van der Waals surface area contributed by atoms with Crippen molar-refractivity contribution in [2.45, 2.75) is 57.2 Å². The molecule has 1 saturated heterocycles. The lowest BCUT2D eigenvalue weighted by Crippen LogP contribution is -2.69. The summed E-state index contributed by atoms with van der Waals surface area (Å²) < 4.78 is 12.3. The number of hydrogen-bond acceptors (Lipinski definition) is 9. The quantitative estimate of drug-likeness (QED) is 0.326. The van der Waals surface area contributed by atoms with Gasteiger partial charge in [0.2, 0.25) is 6.29 Å². The monoisotopic (exact) mass is 445 g/mol. The van der Waals surface area contributed by atoms with Gasteiger partial charge in [-0.25, -0.2) is 4.68 Å². The summed E-state index contributed by atoms with van der Waals surface area (Å²) in [7, 11) is 0. The molecule has 10 heteroatoms. The van der Waals surface area contributed by atoms with Crippen LogP contribution in [0.15, 0.2) is 36.4 Å². The molecule has 0 aliphatic carbocycles. The Morgan fingerprint density at radius 2 is 1.81 bits per heavy atom. The van der Waals surface area contributed by atoms with Crippen LogP contribution >= 0.6 is 0 Å². The largest absolute Gasteiger partial charge is 0.452 e. The van der Waals surface area contributed by atoms with Crippen molar-refractivity contribution in [2.24, 2.45) is 0 Å². The second-order valence-corrected chi connectivity index (χ2v) is 8.05. The van der Waals surface area contributed by atoms with Crippen LogP contribution in [0.1, 0.15) is 23.6 Å². The van der Waals surface area contributed by atoms with E-state index in [9.17, 15) is 25.5 Å². The molecule has 2 aromatic carbocycles. The molecule has 1 fully saturated rings. The van der Waals surface area contributed by atoms with Crippen molar-refractivity contribution in [1.29, 1.82) is 0 Å². The summed E-state index contributed by atoms with van der Waals surface area (Å²) in [5.74, 6) is -2.60. The summed E-state index contributed by atoms with van der Waals surface area (Å²) in [6.45, 7) is 3.58. The molecule has 10 nitrogen and oxygen atoms in total.